The number of aryl methyl sites for hydroxylation is 1. The Morgan fingerprint density at radius 1 is 1.41 bits per heavy atom. The first-order valence-electron chi connectivity index (χ1n) is 9.18. The highest BCUT2D eigenvalue weighted by atomic mass is 19.3. The zero-order valence-electron chi connectivity index (χ0n) is 16.1. The van der Waals surface area contributed by atoms with Gasteiger partial charge in [0.2, 0.25) is 6.43 Å². The molecule has 0 spiro atoms. The maximum Gasteiger partial charge on any atom is 0.291 e. The number of allylic oxidation sites excluding steroid dienone is 2. The third kappa shape index (κ3) is 5.14. The Kier molecular flexibility index (Phi) is 6.53. The van der Waals surface area contributed by atoms with E-state index in [2.05, 4.69) is 25.6 Å². The number of ether oxygens (including phenoxy) is 1. The lowest BCUT2D eigenvalue weighted by Crippen LogP contribution is -2.50. The van der Waals surface area contributed by atoms with Crippen molar-refractivity contribution in [3.63, 3.8) is 0 Å². The second-order valence-corrected chi connectivity index (χ2v) is 6.62. The molecule has 0 unspecified atom stereocenters. The van der Waals surface area contributed by atoms with E-state index < -0.39 is 24.2 Å². The highest BCUT2D eigenvalue weighted by Crippen LogP contribution is 2.23. The van der Waals surface area contributed by atoms with Gasteiger partial charge in [-0.05, 0) is 13.8 Å². The normalized spacial score (nSPS) is 15.7. The highest BCUT2D eigenvalue weighted by Gasteiger charge is 2.21. The van der Waals surface area contributed by atoms with Crippen LogP contribution in [0, 0.1) is 6.92 Å². The fourth-order valence-corrected chi connectivity index (χ4v) is 2.82. The first kappa shape index (κ1) is 20.8. The van der Waals surface area contributed by atoms with Gasteiger partial charge in [0.1, 0.15) is 29.2 Å². The molecule has 0 amide bonds. The summed E-state index contributed by atoms with van der Waals surface area (Å²) < 4.78 is 44.9. The van der Waals surface area contributed by atoms with Gasteiger partial charge in [-0.3, -0.25) is 4.79 Å². The third-order valence-electron chi connectivity index (χ3n) is 4.32. The second kappa shape index (κ2) is 9.08. The summed E-state index contributed by atoms with van der Waals surface area (Å²) in [5, 5.41) is 6.49. The summed E-state index contributed by atoms with van der Waals surface area (Å²) >= 11 is 0. The van der Waals surface area contributed by atoms with E-state index in [9.17, 15) is 18.0 Å². The molecular formula is C19H22F3N5O2. The van der Waals surface area contributed by atoms with Gasteiger partial charge in [0.25, 0.3) is 5.56 Å². The Morgan fingerprint density at radius 3 is 2.79 bits per heavy atom. The fourth-order valence-electron chi connectivity index (χ4n) is 2.82. The van der Waals surface area contributed by atoms with E-state index in [4.69, 9.17) is 4.74 Å². The molecule has 2 aromatic rings. The molecule has 0 saturated carbocycles. The molecule has 3 heterocycles. The van der Waals surface area contributed by atoms with Crippen LogP contribution in [0.25, 0.3) is 11.0 Å². The summed E-state index contributed by atoms with van der Waals surface area (Å²) in [6.07, 6.45) is -0.819. The van der Waals surface area contributed by atoms with E-state index in [-0.39, 0.29) is 24.0 Å². The minimum atomic E-state index is -2.77. The molecule has 10 heteroatoms. The van der Waals surface area contributed by atoms with Gasteiger partial charge in [-0.25, -0.2) is 23.1 Å². The summed E-state index contributed by atoms with van der Waals surface area (Å²) in [4.78, 5) is 23.4. The van der Waals surface area contributed by atoms with Gasteiger partial charge < -0.3 is 20.4 Å². The maximum atomic E-state index is 14.1. The van der Waals surface area contributed by atoms with Crippen molar-refractivity contribution >= 4 is 16.9 Å². The van der Waals surface area contributed by atoms with Crippen LogP contribution in [0.3, 0.4) is 0 Å². The molecule has 3 rings (SSSR count). The van der Waals surface area contributed by atoms with Crippen LogP contribution in [0.1, 0.15) is 19.2 Å². The standard InChI is InChI=1S/C19H22F3N5O2/c1-3-4-11(14(20)6-16(21)22)7-24-17-13-5-15(29-12-8-23-9-12)19(28)27-18(13)26-10(2)25-17/h3-5,12,16,23H,6-9H2,1-2H3,(H2,24,25,26,27,28)/b4-3-,14-11-. The van der Waals surface area contributed by atoms with Crippen molar-refractivity contribution in [1.29, 1.82) is 0 Å². The molecule has 0 aromatic carbocycles. The minimum absolute atomic E-state index is 0.0592. The van der Waals surface area contributed by atoms with Crippen LogP contribution < -0.4 is 20.9 Å². The van der Waals surface area contributed by atoms with Gasteiger partial charge in [-0.1, -0.05) is 12.2 Å². The van der Waals surface area contributed by atoms with Gasteiger partial charge in [-0.2, -0.15) is 0 Å². The summed E-state index contributed by atoms with van der Waals surface area (Å²) in [6, 6.07) is 1.53. The maximum absolute atomic E-state index is 14.1. The number of hydrogen-bond acceptors (Lipinski definition) is 6. The Bertz CT molecular complexity index is 999. The van der Waals surface area contributed by atoms with Crippen LogP contribution in [0.15, 0.2) is 34.4 Å². The molecule has 0 aliphatic carbocycles. The predicted octanol–water partition coefficient (Wildman–Crippen LogP) is 2.84. The Morgan fingerprint density at radius 2 is 2.17 bits per heavy atom. The molecule has 1 aliphatic heterocycles. The number of alkyl halides is 2. The van der Waals surface area contributed by atoms with Crippen LogP contribution in [0.2, 0.25) is 0 Å². The largest absolute Gasteiger partial charge is 0.482 e. The quantitative estimate of drug-likeness (QED) is 0.581. The molecule has 1 fully saturated rings. The number of H-pyrrole nitrogens is 1. The number of hydrogen-bond donors (Lipinski definition) is 3. The van der Waals surface area contributed by atoms with Gasteiger partial charge in [0.15, 0.2) is 5.75 Å². The number of rotatable bonds is 8. The van der Waals surface area contributed by atoms with Crippen LogP contribution >= 0.6 is 0 Å². The number of aromatic amines is 1. The van der Waals surface area contributed by atoms with Gasteiger partial charge in [0.05, 0.1) is 11.8 Å². The monoisotopic (exact) mass is 409 g/mol. The molecule has 2 aromatic heterocycles. The van der Waals surface area contributed by atoms with Gasteiger partial charge >= 0.3 is 0 Å². The average molecular weight is 409 g/mol. The predicted molar refractivity (Wildman–Crippen MR) is 104 cm³/mol. The number of fused-ring (bicyclic) bond motifs is 1. The lowest BCUT2D eigenvalue weighted by atomic mass is 10.1. The van der Waals surface area contributed by atoms with Crippen LogP contribution in [0.5, 0.6) is 5.75 Å². The zero-order chi connectivity index (χ0) is 21.0. The van der Waals surface area contributed by atoms with Crippen molar-refractivity contribution < 1.29 is 17.9 Å². The molecule has 0 bridgehead atoms. The van der Waals surface area contributed by atoms with E-state index in [1.165, 1.54) is 12.1 Å². The highest BCUT2D eigenvalue weighted by molar-refractivity contribution is 5.87. The molecule has 1 aliphatic rings. The summed E-state index contributed by atoms with van der Waals surface area (Å²) in [6.45, 7) is 4.55. The van der Waals surface area contributed by atoms with Crippen molar-refractivity contribution in [1.82, 2.24) is 20.3 Å². The molecule has 3 N–H and O–H groups in total. The topological polar surface area (TPSA) is 91.9 Å². The lowest BCUT2D eigenvalue weighted by Gasteiger charge is -2.27. The van der Waals surface area contributed by atoms with Crippen LogP contribution in [0.4, 0.5) is 19.0 Å². The Hall–Kier alpha value is -2.88. The molecule has 29 heavy (non-hydrogen) atoms. The fraction of sp³-hybridized carbons (Fsp3) is 0.421. The van der Waals surface area contributed by atoms with E-state index in [0.717, 1.165) is 0 Å². The third-order valence-corrected chi connectivity index (χ3v) is 4.32. The van der Waals surface area contributed by atoms with Crippen LogP contribution in [-0.2, 0) is 0 Å². The van der Waals surface area contributed by atoms with Crippen molar-refractivity contribution in [3.05, 3.63) is 45.8 Å². The van der Waals surface area contributed by atoms with E-state index in [0.29, 0.717) is 35.8 Å². The van der Waals surface area contributed by atoms with E-state index >= 15 is 0 Å². The van der Waals surface area contributed by atoms with Crippen molar-refractivity contribution in [3.8, 4) is 5.75 Å². The SMILES string of the molecule is C/C=C\C(CNc1nc(C)nc2[nH]c(=O)c(OC3CNC3)cc12)=C(\F)CC(F)F. The number of anilines is 1. The zero-order valence-corrected chi connectivity index (χ0v) is 16.1. The van der Waals surface area contributed by atoms with Crippen LogP contribution in [-0.4, -0.2) is 47.1 Å². The number of nitrogens with zero attached hydrogens (tertiary/aromatic N) is 2. The Labute approximate surface area is 165 Å². The van der Waals surface area contributed by atoms with E-state index in [1.54, 1.807) is 19.9 Å². The second-order valence-electron chi connectivity index (χ2n) is 6.62. The molecule has 1 saturated heterocycles. The first-order chi connectivity index (χ1) is 13.9. The average Bonchev–Trinajstić information content (AvgIpc) is 2.61. The van der Waals surface area contributed by atoms with Crippen molar-refractivity contribution in [2.45, 2.75) is 32.8 Å². The molecule has 7 nitrogen and oxygen atoms in total. The number of pyridine rings is 1. The summed E-state index contributed by atoms with van der Waals surface area (Å²) in [7, 11) is 0. The smallest absolute Gasteiger partial charge is 0.291 e. The van der Waals surface area contributed by atoms with Gasteiger partial charge in [-0.15, -0.1) is 0 Å². The van der Waals surface area contributed by atoms with Crippen molar-refractivity contribution in [2.24, 2.45) is 0 Å². The first-order valence-corrected chi connectivity index (χ1v) is 9.18. The molecular weight excluding hydrogens is 387 g/mol. The molecule has 156 valence electrons. The Balaban J connectivity index is 1.92. The lowest BCUT2D eigenvalue weighted by molar-refractivity contribution is 0.140. The summed E-state index contributed by atoms with van der Waals surface area (Å²) in [5.74, 6) is -0.0347. The van der Waals surface area contributed by atoms with Gasteiger partial charge in [0, 0.05) is 31.3 Å². The van der Waals surface area contributed by atoms with E-state index in [1.807, 2.05) is 0 Å². The molecule has 0 radical (unpaired) electrons. The number of aromatic nitrogens is 3. The number of halogens is 3. The van der Waals surface area contributed by atoms with Crippen molar-refractivity contribution in [2.75, 3.05) is 25.0 Å². The summed E-state index contributed by atoms with van der Waals surface area (Å²) in [5.41, 5.74) is -0.0155. The number of nitrogens with one attached hydrogen (secondary N) is 3. The molecule has 0 atom stereocenters. The minimum Gasteiger partial charge on any atom is -0.482 e.